The molecule has 6 heteroatoms. The minimum atomic E-state index is -0.0380. The van der Waals surface area contributed by atoms with Crippen LogP contribution in [0.1, 0.15) is 69.5 Å². The van der Waals surface area contributed by atoms with Gasteiger partial charge in [0, 0.05) is 30.2 Å². The lowest BCUT2D eigenvalue weighted by Gasteiger charge is -2.49. The van der Waals surface area contributed by atoms with E-state index in [9.17, 15) is 0 Å². The van der Waals surface area contributed by atoms with Crippen molar-refractivity contribution >= 4 is 22.6 Å². The molecule has 0 bridgehead atoms. The van der Waals surface area contributed by atoms with E-state index < -0.39 is 0 Å². The second kappa shape index (κ2) is 10.8. The van der Waals surface area contributed by atoms with Crippen LogP contribution in [0.25, 0.3) is 0 Å². The van der Waals surface area contributed by atoms with Gasteiger partial charge in [0.15, 0.2) is 17.8 Å². The lowest BCUT2D eigenvalue weighted by molar-refractivity contribution is -0.214. The summed E-state index contributed by atoms with van der Waals surface area (Å²) < 4.78 is 25.2. The number of nitrogens with zero attached hydrogens (tertiary/aromatic N) is 1. The molecule has 0 N–H and O–H groups in total. The predicted octanol–water partition coefficient (Wildman–Crippen LogP) is 5.78. The highest BCUT2D eigenvalue weighted by Crippen LogP contribution is 2.46. The smallest absolute Gasteiger partial charge is 0.161 e. The maximum atomic E-state index is 6.73. The number of hydrogen-bond acceptors (Lipinski definition) is 5. The molecule has 4 rings (SSSR count). The molecule has 0 aliphatic carbocycles. The summed E-state index contributed by atoms with van der Waals surface area (Å²) in [7, 11) is 3.44. The normalized spacial score (nSPS) is 28.7. The van der Waals surface area contributed by atoms with Gasteiger partial charge in [-0.2, -0.15) is 0 Å². The molecule has 4 atom stereocenters. The molecular formula is C26H40INO4. The summed E-state index contributed by atoms with van der Waals surface area (Å²) in [5.74, 6) is 2.19. The van der Waals surface area contributed by atoms with Crippen LogP contribution in [0.5, 0.6) is 11.5 Å². The number of benzene rings is 1. The number of fused-ring (bicyclic) bond motifs is 3. The van der Waals surface area contributed by atoms with Crippen molar-refractivity contribution in [2.45, 2.75) is 77.2 Å². The van der Waals surface area contributed by atoms with E-state index in [1.54, 1.807) is 14.2 Å². The fourth-order valence-electron chi connectivity index (χ4n) is 5.85. The Bertz CT molecular complexity index is 764. The summed E-state index contributed by atoms with van der Waals surface area (Å²) in [6.45, 7) is 7.88. The molecule has 180 valence electrons. The first-order valence-electron chi connectivity index (χ1n) is 12.3. The van der Waals surface area contributed by atoms with Crippen LogP contribution < -0.4 is 9.47 Å². The molecule has 32 heavy (non-hydrogen) atoms. The Hall–Kier alpha value is -0.570. The van der Waals surface area contributed by atoms with Crippen molar-refractivity contribution in [3.63, 3.8) is 0 Å². The van der Waals surface area contributed by atoms with Crippen LogP contribution in [0.4, 0.5) is 0 Å². The number of alkyl halides is 1. The highest BCUT2D eigenvalue weighted by atomic mass is 127. The van der Waals surface area contributed by atoms with Crippen LogP contribution in [0.15, 0.2) is 12.1 Å². The lowest BCUT2D eigenvalue weighted by Crippen LogP contribution is -2.50. The first kappa shape index (κ1) is 24.6. The zero-order valence-corrected chi connectivity index (χ0v) is 22.4. The number of hydrogen-bond donors (Lipinski definition) is 0. The Morgan fingerprint density at radius 2 is 1.94 bits per heavy atom. The van der Waals surface area contributed by atoms with Crippen molar-refractivity contribution in [1.82, 2.24) is 4.90 Å². The molecule has 0 aromatic heterocycles. The van der Waals surface area contributed by atoms with Gasteiger partial charge in [-0.05, 0) is 79.5 Å². The third-order valence-corrected chi connectivity index (χ3v) is 8.15. The molecule has 3 aliphatic rings. The van der Waals surface area contributed by atoms with E-state index in [2.05, 4.69) is 53.5 Å². The lowest BCUT2D eigenvalue weighted by atomic mass is 9.74. The van der Waals surface area contributed by atoms with Gasteiger partial charge in [-0.3, -0.25) is 4.90 Å². The maximum absolute atomic E-state index is 6.73. The van der Waals surface area contributed by atoms with Crippen LogP contribution in [0.2, 0.25) is 0 Å². The Balaban J connectivity index is 1.59. The summed E-state index contributed by atoms with van der Waals surface area (Å²) in [4.78, 5) is 2.70. The van der Waals surface area contributed by atoms with Gasteiger partial charge >= 0.3 is 0 Å². The van der Waals surface area contributed by atoms with Crippen molar-refractivity contribution in [1.29, 1.82) is 0 Å². The number of halogens is 1. The molecule has 3 aliphatic heterocycles. The molecule has 0 saturated carbocycles. The highest BCUT2D eigenvalue weighted by Gasteiger charge is 2.42. The summed E-state index contributed by atoms with van der Waals surface area (Å²) >= 11 is 2.52. The van der Waals surface area contributed by atoms with Gasteiger partial charge < -0.3 is 18.9 Å². The summed E-state index contributed by atoms with van der Waals surface area (Å²) in [6, 6.07) is 4.76. The number of methoxy groups -OCH3 is 2. The molecule has 2 fully saturated rings. The first-order valence-corrected chi connectivity index (χ1v) is 13.8. The average Bonchev–Trinajstić information content (AvgIpc) is 2.79. The monoisotopic (exact) mass is 557 g/mol. The van der Waals surface area contributed by atoms with Gasteiger partial charge in [-0.25, -0.2) is 0 Å². The minimum Gasteiger partial charge on any atom is -0.493 e. The predicted molar refractivity (Wildman–Crippen MR) is 136 cm³/mol. The van der Waals surface area contributed by atoms with Crippen LogP contribution in [-0.2, 0) is 15.9 Å². The van der Waals surface area contributed by atoms with Gasteiger partial charge in [0.05, 0.1) is 20.3 Å². The molecule has 1 aromatic rings. The standard InChI is InChI=1S/C26H40INO4/c1-26(2,9-10-27)16-19-17-28-11-8-18-13-23(29-3)24(30-4)14-20(18)21(28)15-22(19)32-25-7-5-6-12-31-25/h13-14,19,21-22,25H,5-12,15-17H2,1-4H3/t19-,21-,22-,25?/m1/s1. The fraction of sp³-hybridized carbons (Fsp3) is 0.769. The van der Waals surface area contributed by atoms with Gasteiger partial charge in [0.1, 0.15) is 0 Å². The Morgan fingerprint density at radius 3 is 2.62 bits per heavy atom. The van der Waals surface area contributed by atoms with E-state index in [-0.39, 0.29) is 12.4 Å². The van der Waals surface area contributed by atoms with Crippen LogP contribution in [0.3, 0.4) is 0 Å². The van der Waals surface area contributed by atoms with Crippen molar-refractivity contribution in [3.8, 4) is 11.5 Å². The van der Waals surface area contributed by atoms with Gasteiger partial charge in [-0.15, -0.1) is 0 Å². The molecule has 3 heterocycles. The van der Waals surface area contributed by atoms with Crippen molar-refractivity contribution in [3.05, 3.63) is 23.3 Å². The van der Waals surface area contributed by atoms with E-state index >= 15 is 0 Å². The molecule has 5 nitrogen and oxygen atoms in total. The Labute approximate surface area is 207 Å². The molecule has 0 spiro atoms. The summed E-state index contributed by atoms with van der Waals surface area (Å²) in [5.41, 5.74) is 3.11. The number of rotatable bonds is 8. The van der Waals surface area contributed by atoms with Crippen molar-refractivity contribution in [2.75, 3.05) is 38.3 Å². The topological polar surface area (TPSA) is 40.2 Å². The summed E-state index contributed by atoms with van der Waals surface area (Å²) in [5, 5.41) is 0. The van der Waals surface area contributed by atoms with E-state index in [1.807, 2.05) is 0 Å². The SMILES string of the molecule is COc1cc2c(cc1OC)[C@H]1C[C@@H](OC3CCCCO3)[C@H](CC(C)(C)CCI)CN1CC2. The highest BCUT2D eigenvalue weighted by molar-refractivity contribution is 14.1. The maximum Gasteiger partial charge on any atom is 0.161 e. The van der Waals surface area contributed by atoms with E-state index in [0.29, 0.717) is 17.4 Å². The van der Waals surface area contributed by atoms with E-state index in [0.717, 1.165) is 56.9 Å². The largest absolute Gasteiger partial charge is 0.493 e. The molecule has 2 saturated heterocycles. The molecule has 1 aromatic carbocycles. The zero-order chi connectivity index (χ0) is 22.7. The Kier molecular flexibility index (Phi) is 8.28. The van der Waals surface area contributed by atoms with Crippen LogP contribution >= 0.6 is 22.6 Å². The van der Waals surface area contributed by atoms with E-state index in [1.165, 1.54) is 34.8 Å². The number of piperidine rings is 1. The summed E-state index contributed by atoms with van der Waals surface area (Å²) in [6.07, 6.45) is 8.11. The van der Waals surface area contributed by atoms with Crippen LogP contribution in [-0.4, -0.2) is 55.6 Å². The van der Waals surface area contributed by atoms with Crippen molar-refractivity contribution < 1.29 is 18.9 Å². The van der Waals surface area contributed by atoms with Gasteiger partial charge in [-0.1, -0.05) is 36.4 Å². The molecule has 0 radical (unpaired) electrons. The third kappa shape index (κ3) is 5.56. The average molecular weight is 558 g/mol. The van der Waals surface area contributed by atoms with Gasteiger partial charge in [0.25, 0.3) is 0 Å². The fourth-order valence-corrected chi connectivity index (χ4v) is 7.31. The molecule has 1 unspecified atom stereocenters. The van der Waals surface area contributed by atoms with Gasteiger partial charge in [0.2, 0.25) is 0 Å². The van der Waals surface area contributed by atoms with Crippen molar-refractivity contribution in [2.24, 2.45) is 11.3 Å². The molecular weight excluding hydrogens is 517 g/mol. The quantitative estimate of drug-likeness (QED) is 0.300. The first-order chi connectivity index (χ1) is 15.4. The zero-order valence-electron chi connectivity index (χ0n) is 20.2. The van der Waals surface area contributed by atoms with Crippen LogP contribution in [0, 0.1) is 11.3 Å². The molecule has 0 amide bonds. The minimum absolute atomic E-state index is 0.0380. The second-order valence-electron chi connectivity index (χ2n) is 10.4. The third-order valence-electron chi connectivity index (χ3n) is 7.61. The number of ether oxygens (including phenoxy) is 4. The second-order valence-corrected chi connectivity index (χ2v) is 11.5. The van der Waals surface area contributed by atoms with E-state index in [4.69, 9.17) is 18.9 Å². The Morgan fingerprint density at radius 1 is 1.16 bits per heavy atom.